The van der Waals surface area contributed by atoms with E-state index in [1.54, 1.807) is 30.5 Å². The van der Waals surface area contributed by atoms with Gasteiger partial charge in [0.05, 0.1) is 13.4 Å². The lowest BCUT2D eigenvalue weighted by Gasteiger charge is -2.24. The smallest absolute Gasteiger partial charge is 0.160 e. The molecule has 1 aromatic rings. The van der Waals surface area contributed by atoms with E-state index in [2.05, 4.69) is 10.3 Å². The fraction of sp³-hybridized carbons (Fsp3) is 0.182. The number of benzene rings is 1. The molecule has 1 aromatic carbocycles. The van der Waals surface area contributed by atoms with Crippen LogP contribution in [0.5, 0.6) is 11.5 Å². The van der Waals surface area contributed by atoms with Crippen molar-refractivity contribution in [2.75, 3.05) is 7.11 Å². The number of ether oxygens (including phenoxy) is 1. The summed E-state index contributed by atoms with van der Waals surface area (Å²) in [6.07, 6.45) is 4.93. The highest BCUT2D eigenvalue weighted by Gasteiger charge is 2.25. The van der Waals surface area contributed by atoms with E-state index in [-0.39, 0.29) is 5.75 Å². The molecular formula is C11H13N3O2. The van der Waals surface area contributed by atoms with Gasteiger partial charge in [-0.25, -0.2) is 4.99 Å². The first-order chi connectivity index (χ1) is 7.65. The summed E-state index contributed by atoms with van der Waals surface area (Å²) in [5.74, 6) is 0.459. The van der Waals surface area contributed by atoms with Crippen molar-refractivity contribution in [3.05, 3.63) is 36.0 Å². The lowest BCUT2D eigenvalue weighted by atomic mass is 10.00. The second-order valence-electron chi connectivity index (χ2n) is 3.47. The van der Waals surface area contributed by atoms with Crippen LogP contribution in [-0.4, -0.2) is 18.6 Å². The minimum absolute atomic E-state index is 0.0481. The normalized spacial score (nSPS) is 22.9. The van der Waals surface area contributed by atoms with E-state index in [0.29, 0.717) is 11.3 Å². The van der Waals surface area contributed by atoms with E-state index in [1.165, 1.54) is 13.4 Å². The van der Waals surface area contributed by atoms with Crippen LogP contribution in [0.3, 0.4) is 0 Å². The molecule has 0 fully saturated rings. The van der Waals surface area contributed by atoms with Crippen LogP contribution in [-0.2, 0) is 5.66 Å². The zero-order chi connectivity index (χ0) is 11.6. The summed E-state index contributed by atoms with van der Waals surface area (Å²) in [6, 6.07) is 4.97. The number of phenols is 1. The molecule has 0 saturated heterocycles. The summed E-state index contributed by atoms with van der Waals surface area (Å²) in [6.45, 7) is 0. The van der Waals surface area contributed by atoms with Gasteiger partial charge in [0.1, 0.15) is 0 Å². The Balaban J connectivity index is 2.41. The maximum Gasteiger partial charge on any atom is 0.160 e. The number of hydrogen-bond donors (Lipinski definition) is 3. The molecular weight excluding hydrogens is 206 g/mol. The lowest BCUT2D eigenvalue weighted by molar-refractivity contribution is 0.372. The van der Waals surface area contributed by atoms with Gasteiger partial charge in [-0.3, -0.25) is 5.73 Å². The van der Waals surface area contributed by atoms with Crippen LogP contribution in [0.25, 0.3) is 0 Å². The topological polar surface area (TPSA) is 79.9 Å². The van der Waals surface area contributed by atoms with E-state index < -0.39 is 5.66 Å². The van der Waals surface area contributed by atoms with Crippen molar-refractivity contribution >= 4 is 6.34 Å². The van der Waals surface area contributed by atoms with Crippen molar-refractivity contribution in [3.63, 3.8) is 0 Å². The van der Waals surface area contributed by atoms with Crippen molar-refractivity contribution < 1.29 is 9.84 Å². The number of phenolic OH excluding ortho intramolecular Hbond substituents is 1. The van der Waals surface area contributed by atoms with Gasteiger partial charge >= 0.3 is 0 Å². The van der Waals surface area contributed by atoms with Crippen molar-refractivity contribution in [2.24, 2.45) is 10.7 Å². The number of nitrogens with one attached hydrogen (secondary N) is 1. The second kappa shape index (κ2) is 3.86. The molecule has 1 atom stereocenters. The Morgan fingerprint density at radius 3 is 2.88 bits per heavy atom. The summed E-state index contributed by atoms with van der Waals surface area (Å²) in [7, 11) is 1.50. The number of methoxy groups -OCH3 is 1. The lowest BCUT2D eigenvalue weighted by Crippen LogP contribution is -2.35. The van der Waals surface area contributed by atoms with E-state index in [4.69, 9.17) is 10.5 Å². The average molecular weight is 219 g/mol. The average Bonchev–Trinajstić information content (AvgIpc) is 2.30. The van der Waals surface area contributed by atoms with Gasteiger partial charge < -0.3 is 15.2 Å². The number of rotatable bonds is 2. The number of nitrogens with two attached hydrogens (primary N) is 1. The van der Waals surface area contributed by atoms with E-state index >= 15 is 0 Å². The molecule has 5 nitrogen and oxygen atoms in total. The molecule has 0 bridgehead atoms. The number of nitrogens with zero attached hydrogens (tertiary/aromatic N) is 1. The first kappa shape index (κ1) is 10.5. The molecule has 1 unspecified atom stereocenters. The Morgan fingerprint density at radius 1 is 1.50 bits per heavy atom. The number of hydrogen-bond acceptors (Lipinski definition) is 5. The molecule has 1 heterocycles. The Bertz CT molecular complexity index is 443. The molecule has 0 saturated carbocycles. The molecule has 2 rings (SSSR count). The van der Waals surface area contributed by atoms with Gasteiger partial charge in [-0.1, -0.05) is 6.07 Å². The first-order valence-corrected chi connectivity index (χ1v) is 4.79. The fourth-order valence-corrected chi connectivity index (χ4v) is 1.52. The van der Waals surface area contributed by atoms with E-state index in [9.17, 15) is 5.11 Å². The van der Waals surface area contributed by atoms with Gasteiger partial charge in [-0.05, 0) is 18.2 Å². The molecule has 0 radical (unpaired) electrons. The molecule has 16 heavy (non-hydrogen) atoms. The quantitative estimate of drug-likeness (QED) is 0.682. The minimum Gasteiger partial charge on any atom is -0.504 e. The highest BCUT2D eigenvalue weighted by molar-refractivity contribution is 5.60. The van der Waals surface area contributed by atoms with Crippen molar-refractivity contribution in [1.82, 2.24) is 5.32 Å². The molecule has 4 N–H and O–H groups in total. The van der Waals surface area contributed by atoms with Crippen LogP contribution < -0.4 is 15.8 Å². The predicted octanol–water partition coefficient (Wildman–Crippen LogP) is 0.657. The number of aromatic hydroxyl groups is 1. The zero-order valence-electron chi connectivity index (χ0n) is 8.84. The predicted molar refractivity (Wildman–Crippen MR) is 61.3 cm³/mol. The fourth-order valence-electron chi connectivity index (χ4n) is 1.52. The monoisotopic (exact) mass is 219 g/mol. The van der Waals surface area contributed by atoms with Crippen LogP contribution >= 0.6 is 0 Å². The first-order valence-electron chi connectivity index (χ1n) is 4.79. The van der Waals surface area contributed by atoms with Crippen LogP contribution in [0.1, 0.15) is 5.56 Å². The van der Waals surface area contributed by atoms with Crippen LogP contribution in [0.15, 0.2) is 35.5 Å². The van der Waals surface area contributed by atoms with E-state index in [1.807, 2.05) is 0 Å². The van der Waals surface area contributed by atoms with Gasteiger partial charge in [-0.2, -0.15) is 0 Å². The zero-order valence-corrected chi connectivity index (χ0v) is 8.84. The second-order valence-corrected chi connectivity index (χ2v) is 3.47. The molecule has 0 aromatic heterocycles. The van der Waals surface area contributed by atoms with E-state index in [0.717, 1.165) is 0 Å². The van der Waals surface area contributed by atoms with Gasteiger partial charge in [0.25, 0.3) is 0 Å². The minimum atomic E-state index is -0.936. The molecule has 0 amide bonds. The molecule has 1 aliphatic heterocycles. The third-order valence-corrected chi connectivity index (χ3v) is 2.43. The summed E-state index contributed by atoms with van der Waals surface area (Å²) < 4.78 is 4.96. The Kier molecular flexibility index (Phi) is 2.54. The highest BCUT2D eigenvalue weighted by atomic mass is 16.5. The maximum absolute atomic E-state index is 9.66. The van der Waals surface area contributed by atoms with Gasteiger partial charge in [0.15, 0.2) is 17.2 Å². The van der Waals surface area contributed by atoms with Crippen LogP contribution in [0, 0.1) is 0 Å². The largest absolute Gasteiger partial charge is 0.504 e. The molecule has 84 valence electrons. The van der Waals surface area contributed by atoms with Gasteiger partial charge in [0.2, 0.25) is 0 Å². The molecule has 0 spiro atoms. The van der Waals surface area contributed by atoms with Crippen molar-refractivity contribution in [1.29, 1.82) is 0 Å². The van der Waals surface area contributed by atoms with Crippen LogP contribution in [0.2, 0.25) is 0 Å². The summed E-state index contributed by atoms with van der Waals surface area (Å²) in [5.41, 5.74) is 5.82. The summed E-state index contributed by atoms with van der Waals surface area (Å²) in [4.78, 5) is 4.13. The third-order valence-electron chi connectivity index (χ3n) is 2.43. The summed E-state index contributed by atoms with van der Waals surface area (Å²) in [5, 5.41) is 12.5. The van der Waals surface area contributed by atoms with Gasteiger partial charge in [0, 0.05) is 11.8 Å². The standard InChI is InChI=1S/C11H13N3O2/c1-16-10-3-2-8(6-9(10)15)11(12)4-5-13-7-14-11/h2-7,15H,12H2,1H3,(H,13,14). The summed E-state index contributed by atoms with van der Waals surface area (Å²) >= 11 is 0. The van der Waals surface area contributed by atoms with Gasteiger partial charge in [-0.15, -0.1) is 0 Å². The highest BCUT2D eigenvalue weighted by Crippen LogP contribution is 2.31. The third kappa shape index (κ3) is 1.72. The molecule has 5 heteroatoms. The van der Waals surface area contributed by atoms with Crippen molar-refractivity contribution in [2.45, 2.75) is 5.66 Å². The molecule has 1 aliphatic rings. The maximum atomic E-state index is 9.66. The Labute approximate surface area is 93.3 Å². The van der Waals surface area contributed by atoms with Crippen molar-refractivity contribution in [3.8, 4) is 11.5 Å². The number of aliphatic imine (C=N–C) groups is 1. The SMILES string of the molecule is COc1ccc(C2(N)C=CNC=N2)cc1O. The molecule has 0 aliphatic carbocycles. The van der Waals surface area contributed by atoms with Crippen LogP contribution in [0.4, 0.5) is 0 Å². The Morgan fingerprint density at radius 2 is 2.31 bits per heavy atom. The Hall–Kier alpha value is -2.01.